The normalized spacial score (nSPS) is 11.8. The fourth-order valence-corrected chi connectivity index (χ4v) is 3.35. The average molecular weight is 178 g/mol. The van der Waals surface area contributed by atoms with Crippen molar-refractivity contribution < 1.29 is 8.83 Å². The lowest BCUT2D eigenvalue weighted by Crippen LogP contribution is -1.46. The first-order valence-corrected chi connectivity index (χ1v) is 5.56. The van der Waals surface area contributed by atoms with Crippen molar-refractivity contribution in [3.8, 4) is 0 Å². The molecule has 0 unspecified atom stereocenters. The fourth-order valence-electron chi connectivity index (χ4n) is 1.60. The molecule has 0 aromatic carbocycles. The van der Waals surface area contributed by atoms with Crippen LogP contribution in [0.3, 0.4) is 0 Å². The van der Waals surface area contributed by atoms with Gasteiger partial charge in [-0.25, -0.2) is 0 Å². The lowest BCUT2D eigenvalue weighted by Gasteiger charge is -1.81. The summed E-state index contributed by atoms with van der Waals surface area (Å²) >= 11 is 0. The van der Waals surface area contributed by atoms with E-state index in [0.29, 0.717) is 0 Å². The van der Waals surface area contributed by atoms with Crippen LogP contribution in [0.25, 0.3) is 21.4 Å². The first-order chi connectivity index (χ1) is 5.88. The van der Waals surface area contributed by atoms with Crippen LogP contribution in [0.4, 0.5) is 0 Å². The summed E-state index contributed by atoms with van der Waals surface area (Å²) in [4.78, 5) is 0. The highest BCUT2D eigenvalue weighted by Gasteiger charge is 2.12. The van der Waals surface area contributed by atoms with Crippen LogP contribution in [0.15, 0.2) is 33.5 Å². The van der Waals surface area contributed by atoms with Crippen molar-refractivity contribution >= 4 is 28.9 Å². The number of aryl methyl sites for hydroxylation is 1. The van der Waals surface area contributed by atoms with Crippen molar-refractivity contribution in [2.45, 2.75) is 0 Å². The summed E-state index contributed by atoms with van der Waals surface area (Å²) in [6, 6.07) is 4.08. The largest absolute Gasteiger partial charge is 0.460 e. The lowest BCUT2D eigenvalue weighted by atomic mass is 10.4. The van der Waals surface area contributed by atoms with Crippen LogP contribution in [-0.2, 0) is 6.66 Å². The van der Waals surface area contributed by atoms with Gasteiger partial charge in [-0.3, -0.25) is 0 Å². The van der Waals surface area contributed by atoms with Crippen LogP contribution in [0.2, 0.25) is 0 Å². The third-order valence-corrected chi connectivity index (χ3v) is 4.37. The maximum Gasteiger partial charge on any atom is 0.181 e. The van der Waals surface area contributed by atoms with E-state index in [-0.39, 0.29) is 7.53 Å². The Labute approximate surface area is 69.8 Å². The standard InChI is InChI=1S/C9H7O2P/c1-12-6-2-4-10-8(6)9-7(12)3-5-11-9/h2-5H,1H3. The Morgan fingerprint density at radius 3 is 2.00 bits per heavy atom. The van der Waals surface area contributed by atoms with Gasteiger partial charge in [-0.2, -0.15) is 0 Å². The summed E-state index contributed by atoms with van der Waals surface area (Å²) in [5, 5.41) is 2.61. The Morgan fingerprint density at radius 1 is 1.00 bits per heavy atom. The zero-order valence-corrected chi connectivity index (χ0v) is 7.47. The zero-order valence-electron chi connectivity index (χ0n) is 6.57. The highest BCUT2D eigenvalue weighted by molar-refractivity contribution is 7.59. The second kappa shape index (κ2) is 1.96. The second-order valence-electron chi connectivity index (χ2n) is 2.83. The molecule has 0 amide bonds. The van der Waals surface area contributed by atoms with E-state index in [2.05, 4.69) is 6.66 Å². The number of furan rings is 2. The molecule has 3 aromatic rings. The Bertz CT molecular complexity index is 493. The summed E-state index contributed by atoms with van der Waals surface area (Å²) in [6.07, 6.45) is 3.46. The Morgan fingerprint density at radius 2 is 1.50 bits per heavy atom. The van der Waals surface area contributed by atoms with Crippen LogP contribution < -0.4 is 0 Å². The molecule has 0 atom stereocenters. The minimum Gasteiger partial charge on any atom is -0.460 e. The monoisotopic (exact) mass is 178 g/mol. The molecule has 0 saturated heterocycles. The van der Waals surface area contributed by atoms with E-state index in [1.54, 1.807) is 12.5 Å². The predicted molar refractivity (Wildman–Crippen MR) is 49.7 cm³/mol. The summed E-state index contributed by atoms with van der Waals surface area (Å²) in [5.41, 5.74) is 1.87. The van der Waals surface area contributed by atoms with Gasteiger partial charge in [0.15, 0.2) is 11.2 Å². The van der Waals surface area contributed by atoms with Gasteiger partial charge in [-0.1, -0.05) is 0 Å². The molecule has 0 aliphatic rings. The van der Waals surface area contributed by atoms with E-state index in [9.17, 15) is 0 Å². The van der Waals surface area contributed by atoms with Gasteiger partial charge in [0.1, 0.15) is 0 Å². The maximum atomic E-state index is 5.35. The van der Waals surface area contributed by atoms with E-state index >= 15 is 0 Å². The minimum atomic E-state index is -0.210. The fraction of sp³-hybridized carbons (Fsp3) is 0.111. The molecule has 0 aliphatic heterocycles. The van der Waals surface area contributed by atoms with E-state index in [1.807, 2.05) is 12.1 Å². The first kappa shape index (κ1) is 6.38. The molecule has 0 aliphatic carbocycles. The quantitative estimate of drug-likeness (QED) is 0.524. The highest BCUT2D eigenvalue weighted by atomic mass is 31.1. The van der Waals surface area contributed by atoms with E-state index in [0.717, 1.165) is 11.2 Å². The molecule has 0 saturated carbocycles. The van der Waals surface area contributed by atoms with Gasteiger partial charge in [-0.05, 0) is 18.8 Å². The van der Waals surface area contributed by atoms with Crippen molar-refractivity contribution in [2.24, 2.45) is 6.66 Å². The SMILES string of the molecule is Cp1c2ccoc2c2occc21. The molecule has 3 aromatic heterocycles. The van der Waals surface area contributed by atoms with Gasteiger partial charge in [0, 0.05) is 10.2 Å². The molecule has 0 bridgehead atoms. The maximum absolute atomic E-state index is 5.35. The van der Waals surface area contributed by atoms with Gasteiger partial charge in [0.25, 0.3) is 0 Å². The van der Waals surface area contributed by atoms with Crippen molar-refractivity contribution in [3.05, 3.63) is 24.7 Å². The summed E-state index contributed by atoms with van der Waals surface area (Å²) in [5.74, 6) is 0. The van der Waals surface area contributed by atoms with Gasteiger partial charge < -0.3 is 8.83 Å². The number of hydrogen-bond donors (Lipinski definition) is 0. The van der Waals surface area contributed by atoms with E-state index in [1.165, 1.54) is 10.2 Å². The first-order valence-electron chi connectivity index (χ1n) is 3.77. The predicted octanol–water partition coefficient (Wildman–Crippen LogP) is 3.70. The molecular formula is C9H7O2P. The summed E-state index contributed by atoms with van der Waals surface area (Å²) in [6.45, 7) is 2.23. The van der Waals surface area contributed by atoms with Gasteiger partial charge in [0.05, 0.1) is 12.5 Å². The van der Waals surface area contributed by atoms with Gasteiger partial charge >= 0.3 is 0 Å². The smallest absolute Gasteiger partial charge is 0.181 e. The van der Waals surface area contributed by atoms with Crippen LogP contribution in [0.1, 0.15) is 0 Å². The van der Waals surface area contributed by atoms with Crippen molar-refractivity contribution in [1.29, 1.82) is 0 Å². The molecule has 2 nitrogen and oxygen atoms in total. The average Bonchev–Trinajstić information content (AvgIpc) is 2.72. The molecule has 60 valence electrons. The topological polar surface area (TPSA) is 26.3 Å². The summed E-state index contributed by atoms with van der Waals surface area (Å²) in [7, 11) is -0.210. The van der Waals surface area contributed by atoms with Gasteiger partial charge in [-0.15, -0.1) is 7.53 Å². The highest BCUT2D eigenvalue weighted by Crippen LogP contribution is 2.47. The van der Waals surface area contributed by atoms with Crippen molar-refractivity contribution in [3.63, 3.8) is 0 Å². The third kappa shape index (κ3) is 0.575. The number of rotatable bonds is 0. The molecule has 3 heterocycles. The molecule has 12 heavy (non-hydrogen) atoms. The van der Waals surface area contributed by atoms with Crippen LogP contribution in [0, 0.1) is 0 Å². The van der Waals surface area contributed by atoms with E-state index < -0.39 is 0 Å². The number of fused-ring (bicyclic) bond motifs is 3. The minimum absolute atomic E-state index is 0.210. The van der Waals surface area contributed by atoms with Crippen LogP contribution in [0.5, 0.6) is 0 Å². The van der Waals surface area contributed by atoms with Crippen LogP contribution >= 0.6 is 7.53 Å². The molecule has 0 N–H and O–H groups in total. The Kier molecular flexibility index (Phi) is 1.04. The Hall–Kier alpha value is -1.14. The zero-order chi connectivity index (χ0) is 8.13. The summed E-state index contributed by atoms with van der Waals surface area (Å²) < 4.78 is 10.7. The molecule has 3 rings (SSSR count). The number of hydrogen-bond acceptors (Lipinski definition) is 2. The van der Waals surface area contributed by atoms with Crippen molar-refractivity contribution in [2.75, 3.05) is 0 Å². The molecule has 0 fully saturated rings. The second-order valence-corrected chi connectivity index (χ2v) is 4.91. The van der Waals surface area contributed by atoms with Crippen LogP contribution in [-0.4, -0.2) is 0 Å². The third-order valence-electron chi connectivity index (χ3n) is 2.22. The molecular weight excluding hydrogens is 171 g/mol. The molecule has 3 heteroatoms. The van der Waals surface area contributed by atoms with Gasteiger partial charge in [0.2, 0.25) is 0 Å². The lowest BCUT2D eigenvalue weighted by molar-refractivity contribution is 0.583. The Balaban J connectivity index is 2.76. The van der Waals surface area contributed by atoms with E-state index in [4.69, 9.17) is 8.83 Å². The molecule has 0 radical (unpaired) electrons. The molecule has 0 spiro atoms. The van der Waals surface area contributed by atoms with Crippen molar-refractivity contribution in [1.82, 2.24) is 0 Å².